The Kier molecular flexibility index (Phi) is 5.35. The van der Waals surface area contributed by atoms with E-state index in [2.05, 4.69) is 55.3 Å². The molecule has 0 bridgehead atoms. The van der Waals surface area contributed by atoms with E-state index in [0.29, 0.717) is 6.04 Å². The summed E-state index contributed by atoms with van der Waals surface area (Å²) in [5.74, 6) is 1.83. The van der Waals surface area contributed by atoms with Crippen molar-refractivity contribution in [3.8, 4) is 5.75 Å². The fraction of sp³-hybridized carbons (Fsp3) is 0.522. The number of rotatable bonds is 6. The molecule has 27 heavy (non-hydrogen) atoms. The summed E-state index contributed by atoms with van der Waals surface area (Å²) in [5.41, 5.74) is 6.15. The number of hydrogen-bond donors (Lipinski definition) is 1. The van der Waals surface area contributed by atoms with Crippen LogP contribution in [-0.4, -0.2) is 31.4 Å². The maximum absolute atomic E-state index is 6.25. The Balaban J connectivity index is 1.53. The van der Waals surface area contributed by atoms with Crippen LogP contribution < -0.4 is 15.0 Å². The van der Waals surface area contributed by atoms with Crippen LogP contribution in [0.15, 0.2) is 40.6 Å². The van der Waals surface area contributed by atoms with Crippen molar-refractivity contribution in [3.63, 3.8) is 0 Å². The van der Waals surface area contributed by atoms with Gasteiger partial charge in [0.05, 0.1) is 0 Å². The lowest BCUT2D eigenvalue weighted by molar-refractivity contribution is 0.446. The molecule has 1 N–H and O–H groups in total. The van der Waals surface area contributed by atoms with Crippen LogP contribution in [0, 0.1) is 0 Å². The van der Waals surface area contributed by atoms with Gasteiger partial charge >= 0.3 is 0 Å². The van der Waals surface area contributed by atoms with Crippen molar-refractivity contribution in [2.45, 2.75) is 58.9 Å². The number of nitrogens with one attached hydrogen (secondary N) is 1. The SMILES string of the molecule is CCN1CCCc2cc3c(cc21)OC1=CCC(CCCNC(C)C)=CC1=N3. The molecule has 2 aliphatic heterocycles. The van der Waals surface area contributed by atoms with E-state index in [0.717, 1.165) is 68.2 Å². The molecule has 0 fully saturated rings. The first kappa shape index (κ1) is 18.3. The van der Waals surface area contributed by atoms with Crippen molar-refractivity contribution in [2.24, 2.45) is 4.99 Å². The summed E-state index contributed by atoms with van der Waals surface area (Å²) >= 11 is 0. The van der Waals surface area contributed by atoms with Crippen LogP contribution in [0.25, 0.3) is 0 Å². The standard InChI is InChI=1S/C23H31N3O/c1-4-26-12-6-8-18-14-20-23(15-21(18)26)27-22-10-9-17(13-19(22)25-20)7-5-11-24-16(2)3/h10,13-16,24H,4-9,11-12H2,1-3H3. The Hall–Kier alpha value is -2.07. The van der Waals surface area contributed by atoms with Crippen molar-refractivity contribution in [3.05, 3.63) is 41.2 Å². The lowest BCUT2D eigenvalue weighted by Crippen LogP contribution is -2.29. The van der Waals surface area contributed by atoms with Gasteiger partial charge in [-0.05, 0) is 69.4 Å². The van der Waals surface area contributed by atoms with Gasteiger partial charge in [-0.2, -0.15) is 0 Å². The first-order chi connectivity index (χ1) is 13.1. The van der Waals surface area contributed by atoms with Crippen molar-refractivity contribution in [1.29, 1.82) is 0 Å². The molecule has 0 spiro atoms. The molecule has 0 atom stereocenters. The molecule has 1 aromatic carbocycles. The lowest BCUT2D eigenvalue weighted by Gasteiger charge is -2.32. The average Bonchev–Trinajstić information content (AvgIpc) is 2.67. The molecule has 3 aliphatic rings. The molecule has 0 saturated carbocycles. The summed E-state index contributed by atoms with van der Waals surface area (Å²) in [6.07, 6.45) is 10.0. The van der Waals surface area contributed by atoms with Gasteiger partial charge in [-0.15, -0.1) is 0 Å². The molecule has 4 nitrogen and oxygen atoms in total. The maximum Gasteiger partial charge on any atom is 0.155 e. The molecule has 1 aliphatic carbocycles. The van der Waals surface area contributed by atoms with Gasteiger partial charge in [0.25, 0.3) is 0 Å². The van der Waals surface area contributed by atoms with E-state index in [1.165, 1.54) is 23.2 Å². The van der Waals surface area contributed by atoms with Gasteiger partial charge in [-0.25, -0.2) is 4.99 Å². The zero-order valence-electron chi connectivity index (χ0n) is 16.8. The predicted octanol–water partition coefficient (Wildman–Crippen LogP) is 4.92. The highest BCUT2D eigenvalue weighted by Gasteiger charge is 2.24. The van der Waals surface area contributed by atoms with Gasteiger partial charge in [0.1, 0.15) is 17.2 Å². The summed E-state index contributed by atoms with van der Waals surface area (Å²) in [4.78, 5) is 7.39. The number of hydrogen-bond acceptors (Lipinski definition) is 4. The number of nitrogens with zero attached hydrogens (tertiary/aromatic N) is 2. The van der Waals surface area contributed by atoms with Crippen LogP contribution in [0.3, 0.4) is 0 Å². The van der Waals surface area contributed by atoms with E-state index in [-0.39, 0.29) is 0 Å². The Morgan fingerprint density at radius 2 is 2.19 bits per heavy atom. The first-order valence-corrected chi connectivity index (χ1v) is 10.5. The third-order valence-corrected chi connectivity index (χ3v) is 5.59. The second-order valence-electron chi connectivity index (χ2n) is 8.02. The highest BCUT2D eigenvalue weighted by atomic mass is 16.5. The summed E-state index contributed by atoms with van der Waals surface area (Å²) in [5, 5.41) is 3.49. The van der Waals surface area contributed by atoms with Crippen molar-refractivity contribution >= 4 is 17.1 Å². The Bertz CT molecular complexity index is 804. The number of benzene rings is 1. The molecule has 0 radical (unpaired) electrons. The molecule has 2 heterocycles. The number of aliphatic imine (C=N–C) groups is 1. The zero-order valence-corrected chi connectivity index (χ0v) is 16.8. The molecule has 4 rings (SSSR count). The van der Waals surface area contributed by atoms with Crippen molar-refractivity contribution in [2.75, 3.05) is 24.5 Å². The summed E-state index contributed by atoms with van der Waals surface area (Å²) in [7, 11) is 0. The first-order valence-electron chi connectivity index (χ1n) is 10.5. The van der Waals surface area contributed by atoms with Crippen molar-refractivity contribution < 1.29 is 4.74 Å². The highest BCUT2D eigenvalue weighted by Crippen LogP contribution is 2.42. The van der Waals surface area contributed by atoms with E-state index < -0.39 is 0 Å². The molecule has 144 valence electrons. The lowest BCUT2D eigenvalue weighted by atomic mass is 9.97. The fourth-order valence-electron chi connectivity index (χ4n) is 4.14. The predicted molar refractivity (Wildman–Crippen MR) is 114 cm³/mol. The molecule has 0 aromatic heterocycles. The average molecular weight is 366 g/mol. The second kappa shape index (κ2) is 7.89. The van der Waals surface area contributed by atoms with E-state index in [1.54, 1.807) is 0 Å². The van der Waals surface area contributed by atoms with Crippen LogP contribution >= 0.6 is 0 Å². The van der Waals surface area contributed by atoms with E-state index >= 15 is 0 Å². The molecule has 4 heteroatoms. The fourth-order valence-corrected chi connectivity index (χ4v) is 4.14. The van der Waals surface area contributed by atoms with Gasteiger partial charge in [0.2, 0.25) is 0 Å². The van der Waals surface area contributed by atoms with Gasteiger partial charge in [0, 0.05) is 30.9 Å². The van der Waals surface area contributed by atoms with E-state index in [1.807, 2.05) is 0 Å². The van der Waals surface area contributed by atoms with Crippen molar-refractivity contribution in [1.82, 2.24) is 5.32 Å². The largest absolute Gasteiger partial charge is 0.453 e. The maximum atomic E-state index is 6.25. The smallest absolute Gasteiger partial charge is 0.155 e. The number of fused-ring (bicyclic) bond motifs is 3. The van der Waals surface area contributed by atoms with Crippen LogP contribution in [0.5, 0.6) is 5.75 Å². The monoisotopic (exact) mass is 365 g/mol. The van der Waals surface area contributed by atoms with Crippen LogP contribution in [-0.2, 0) is 6.42 Å². The molecule has 0 unspecified atom stereocenters. The van der Waals surface area contributed by atoms with Crippen LogP contribution in [0.4, 0.5) is 11.4 Å². The highest BCUT2D eigenvalue weighted by molar-refractivity contribution is 6.11. The molecule has 1 aromatic rings. The van der Waals surface area contributed by atoms with Gasteiger partial charge in [0.15, 0.2) is 5.75 Å². The third kappa shape index (κ3) is 3.96. The zero-order chi connectivity index (χ0) is 18.8. The van der Waals surface area contributed by atoms with E-state index in [9.17, 15) is 0 Å². The topological polar surface area (TPSA) is 36.9 Å². The summed E-state index contributed by atoms with van der Waals surface area (Å²) in [6, 6.07) is 5.00. The van der Waals surface area contributed by atoms with Gasteiger partial charge in [-0.3, -0.25) is 0 Å². The normalized spacial score (nSPS) is 18.1. The van der Waals surface area contributed by atoms with Gasteiger partial charge < -0.3 is 15.0 Å². The summed E-state index contributed by atoms with van der Waals surface area (Å²) in [6.45, 7) is 9.85. The molecule has 0 saturated heterocycles. The Labute approximate surface area is 163 Å². The number of allylic oxidation sites excluding steroid dienone is 3. The molecular formula is C23H31N3O. The minimum Gasteiger partial charge on any atom is -0.453 e. The minimum atomic E-state index is 0.555. The number of aryl methyl sites for hydroxylation is 1. The Morgan fingerprint density at radius 3 is 3.00 bits per heavy atom. The number of ether oxygens (including phenoxy) is 1. The Morgan fingerprint density at radius 1 is 1.30 bits per heavy atom. The third-order valence-electron chi connectivity index (χ3n) is 5.59. The quantitative estimate of drug-likeness (QED) is 0.727. The van der Waals surface area contributed by atoms with Crippen LogP contribution in [0.1, 0.15) is 52.0 Å². The second-order valence-corrected chi connectivity index (χ2v) is 8.02. The van der Waals surface area contributed by atoms with Gasteiger partial charge in [-0.1, -0.05) is 19.4 Å². The molecular weight excluding hydrogens is 334 g/mol. The minimum absolute atomic E-state index is 0.555. The number of anilines is 1. The van der Waals surface area contributed by atoms with E-state index in [4.69, 9.17) is 9.73 Å². The molecule has 0 amide bonds. The van der Waals surface area contributed by atoms with Crippen LogP contribution in [0.2, 0.25) is 0 Å². The summed E-state index contributed by atoms with van der Waals surface area (Å²) < 4.78 is 6.25.